The van der Waals surface area contributed by atoms with Gasteiger partial charge in [-0.3, -0.25) is 4.72 Å². The summed E-state index contributed by atoms with van der Waals surface area (Å²) < 4.78 is 44.7. The van der Waals surface area contributed by atoms with Crippen molar-refractivity contribution in [3.63, 3.8) is 0 Å². The third kappa shape index (κ3) is 4.98. The molecule has 1 aliphatic heterocycles. The van der Waals surface area contributed by atoms with Crippen molar-refractivity contribution in [2.75, 3.05) is 36.9 Å². The van der Waals surface area contributed by atoms with E-state index in [2.05, 4.69) is 9.62 Å². The van der Waals surface area contributed by atoms with Crippen molar-refractivity contribution in [3.8, 4) is 17.2 Å². The lowest BCUT2D eigenvalue weighted by atomic mass is 10.2. The number of rotatable bonds is 8. The summed E-state index contributed by atoms with van der Waals surface area (Å²) in [6.07, 6.45) is 1.23. The number of hydrogen-bond acceptors (Lipinski definition) is 6. The van der Waals surface area contributed by atoms with Crippen molar-refractivity contribution >= 4 is 21.4 Å². The van der Waals surface area contributed by atoms with Gasteiger partial charge in [-0.2, -0.15) is 0 Å². The molecule has 3 aromatic carbocycles. The van der Waals surface area contributed by atoms with E-state index in [0.29, 0.717) is 22.9 Å². The number of anilines is 2. The van der Waals surface area contributed by atoms with Gasteiger partial charge in [-0.15, -0.1) is 0 Å². The van der Waals surface area contributed by atoms with E-state index in [-0.39, 0.29) is 11.0 Å². The normalized spacial score (nSPS) is 16.1. The molecule has 1 fully saturated rings. The van der Waals surface area contributed by atoms with Crippen molar-refractivity contribution < 1.29 is 22.6 Å². The Bertz CT molecular complexity index is 1150. The molecule has 7 nitrogen and oxygen atoms in total. The molecule has 1 unspecified atom stereocenters. The molecule has 0 aliphatic carbocycles. The van der Waals surface area contributed by atoms with Gasteiger partial charge in [0.25, 0.3) is 10.0 Å². The van der Waals surface area contributed by atoms with E-state index in [1.54, 1.807) is 50.6 Å². The Morgan fingerprint density at radius 1 is 0.906 bits per heavy atom. The van der Waals surface area contributed by atoms with Gasteiger partial charge in [-0.1, -0.05) is 12.1 Å². The lowest BCUT2D eigenvalue weighted by Gasteiger charge is -2.19. The minimum absolute atomic E-state index is 0.149. The highest BCUT2D eigenvalue weighted by molar-refractivity contribution is 7.92. The van der Waals surface area contributed by atoms with Crippen LogP contribution in [0.2, 0.25) is 0 Å². The quantitative estimate of drug-likeness (QED) is 0.540. The fraction of sp³-hybridized carbons (Fsp3) is 0.250. The first-order valence-electron chi connectivity index (χ1n) is 10.3. The number of methoxy groups -OCH3 is 2. The molecule has 32 heavy (non-hydrogen) atoms. The van der Waals surface area contributed by atoms with Crippen LogP contribution in [0.4, 0.5) is 11.4 Å². The minimum atomic E-state index is -3.72. The van der Waals surface area contributed by atoms with Crippen LogP contribution in [0.15, 0.2) is 77.7 Å². The van der Waals surface area contributed by atoms with Crippen molar-refractivity contribution in [2.45, 2.75) is 17.4 Å². The molecule has 0 saturated carbocycles. The second-order valence-electron chi connectivity index (χ2n) is 7.47. The van der Waals surface area contributed by atoms with Crippen LogP contribution in [0, 0.1) is 0 Å². The van der Waals surface area contributed by atoms with E-state index in [4.69, 9.17) is 14.2 Å². The number of ether oxygens (including phenoxy) is 3. The summed E-state index contributed by atoms with van der Waals surface area (Å²) in [5.41, 5.74) is 1.55. The second-order valence-corrected chi connectivity index (χ2v) is 9.15. The summed E-state index contributed by atoms with van der Waals surface area (Å²) in [6.45, 7) is 1.76. The molecule has 1 N–H and O–H groups in total. The maximum Gasteiger partial charge on any atom is 0.261 e. The van der Waals surface area contributed by atoms with Crippen LogP contribution < -0.4 is 19.1 Å². The summed E-state index contributed by atoms with van der Waals surface area (Å²) in [5.74, 6) is 1.66. The fourth-order valence-electron chi connectivity index (χ4n) is 3.63. The Labute approximate surface area is 188 Å². The van der Waals surface area contributed by atoms with E-state index in [9.17, 15) is 8.42 Å². The Hall–Kier alpha value is -3.23. The molecule has 0 amide bonds. The van der Waals surface area contributed by atoms with Crippen molar-refractivity contribution in [2.24, 2.45) is 0 Å². The molecule has 0 bridgehead atoms. The number of para-hydroxylation sites is 2. The zero-order chi connectivity index (χ0) is 22.6. The van der Waals surface area contributed by atoms with E-state index in [0.717, 1.165) is 25.2 Å². The van der Waals surface area contributed by atoms with Gasteiger partial charge in [0.15, 0.2) is 11.5 Å². The van der Waals surface area contributed by atoms with E-state index in [1.165, 1.54) is 12.1 Å². The number of hydrogen-bond donors (Lipinski definition) is 1. The van der Waals surface area contributed by atoms with Crippen LogP contribution >= 0.6 is 0 Å². The topological polar surface area (TPSA) is 77.1 Å². The Morgan fingerprint density at radius 3 is 2.22 bits per heavy atom. The summed E-state index contributed by atoms with van der Waals surface area (Å²) >= 11 is 0. The summed E-state index contributed by atoms with van der Waals surface area (Å²) in [5, 5.41) is 0. The maximum absolute atomic E-state index is 12.8. The van der Waals surface area contributed by atoms with Crippen molar-refractivity contribution in [3.05, 3.63) is 72.8 Å². The average Bonchev–Trinajstić information content (AvgIpc) is 3.29. The fourth-order valence-corrected chi connectivity index (χ4v) is 4.69. The first-order valence-corrected chi connectivity index (χ1v) is 11.8. The smallest absolute Gasteiger partial charge is 0.261 e. The highest BCUT2D eigenvalue weighted by atomic mass is 32.2. The molecule has 1 atom stereocenters. The molecule has 3 aromatic rings. The molecule has 4 rings (SSSR count). The zero-order valence-corrected chi connectivity index (χ0v) is 18.8. The van der Waals surface area contributed by atoms with Gasteiger partial charge in [0, 0.05) is 31.6 Å². The predicted octanol–water partition coefficient (Wildman–Crippen LogP) is 4.51. The molecular weight excluding hydrogens is 428 g/mol. The Morgan fingerprint density at radius 2 is 1.59 bits per heavy atom. The van der Waals surface area contributed by atoms with E-state index in [1.807, 2.05) is 24.3 Å². The minimum Gasteiger partial charge on any atom is -0.493 e. The molecule has 0 spiro atoms. The van der Waals surface area contributed by atoms with Gasteiger partial charge in [0.1, 0.15) is 5.75 Å². The van der Waals surface area contributed by atoms with Gasteiger partial charge >= 0.3 is 0 Å². The van der Waals surface area contributed by atoms with Crippen LogP contribution in [0.25, 0.3) is 0 Å². The molecule has 1 saturated heterocycles. The van der Waals surface area contributed by atoms with Crippen LogP contribution in [0.3, 0.4) is 0 Å². The van der Waals surface area contributed by atoms with Gasteiger partial charge in [-0.25, -0.2) is 8.42 Å². The summed E-state index contributed by atoms with van der Waals surface area (Å²) in [6, 6.07) is 20.9. The molecule has 8 heteroatoms. The standard InChI is InChI=1S/C24H26N2O5S/c1-29-21-15-16-26(17-21)19-9-7-18(8-10-19)25-32(27,28)22-13-11-20(12-14-22)31-24-6-4-3-5-23(24)30-2/h3-14,21,25H,15-17H2,1-2H3. The lowest BCUT2D eigenvalue weighted by molar-refractivity contribution is 0.121. The number of sulfonamides is 1. The largest absolute Gasteiger partial charge is 0.493 e. The van der Waals surface area contributed by atoms with Gasteiger partial charge in [0.2, 0.25) is 0 Å². The summed E-state index contributed by atoms with van der Waals surface area (Å²) in [4.78, 5) is 2.38. The molecule has 1 aliphatic rings. The van der Waals surface area contributed by atoms with Gasteiger partial charge < -0.3 is 19.1 Å². The first kappa shape index (κ1) is 22.0. The van der Waals surface area contributed by atoms with Crippen molar-refractivity contribution in [1.29, 1.82) is 0 Å². The second kappa shape index (κ2) is 9.50. The zero-order valence-electron chi connectivity index (χ0n) is 18.0. The van der Waals surface area contributed by atoms with Crippen LogP contribution in [0.1, 0.15) is 6.42 Å². The lowest BCUT2D eigenvalue weighted by Crippen LogP contribution is -2.22. The number of nitrogens with one attached hydrogen (secondary N) is 1. The third-order valence-electron chi connectivity index (χ3n) is 5.39. The maximum atomic E-state index is 12.8. The Balaban J connectivity index is 1.42. The van der Waals surface area contributed by atoms with Crippen LogP contribution in [-0.2, 0) is 14.8 Å². The Kier molecular flexibility index (Phi) is 6.53. The SMILES string of the molecule is COc1ccccc1Oc1ccc(S(=O)(=O)Nc2ccc(N3CCC(OC)C3)cc2)cc1. The molecular formula is C24H26N2O5S. The number of benzene rings is 3. The molecule has 168 valence electrons. The summed E-state index contributed by atoms with van der Waals surface area (Å²) in [7, 11) is -0.432. The monoisotopic (exact) mass is 454 g/mol. The third-order valence-corrected chi connectivity index (χ3v) is 6.79. The molecule has 0 radical (unpaired) electrons. The van der Waals surface area contributed by atoms with E-state index >= 15 is 0 Å². The van der Waals surface area contributed by atoms with Crippen LogP contribution in [-0.4, -0.2) is 41.8 Å². The highest BCUT2D eigenvalue weighted by Gasteiger charge is 2.22. The van der Waals surface area contributed by atoms with Gasteiger partial charge in [0.05, 0.1) is 18.1 Å². The van der Waals surface area contributed by atoms with Crippen LogP contribution in [0.5, 0.6) is 17.2 Å². The average molecular weight is 455 g/mol. The van der Waals surface area contributed by atoms with E-state index < -0.39 is 10.0 Å². The highest BCUT2D eigenvalue weighted by Crippen LogP contribution is 2.31. The molecule has 0 aromatic heterocycles. The molecule has 1 heterocycles. The number of nitrogens with zero attached hydrogens (tertiary/aromatic N) is 1. The first-order chi connectivity index (χ1) is 15.5. The van der Waals surface area contributed by atoms with Crippen molar-refractivity contribution in [1.82, 2.24) is 0 Å². The van der Waals surface area contributed by atoms with Gasteiger partial charge in [-0.05, 0) is 67.1 Å². The predicted molar refractivity (Wildman–Crippen MR) is 124 cm³/mol.